The third-order valence-corrected chi connectivity index (χ3v) is 13.2. The molecule has 0 saturated carbocycles. The summed E-state index contributed by atoms with van der Waals surface area (Å²) in [5, 5.41) is 0. The topological polar surface area (TPSA) is 0 Å². The van der Waals surface area contributed by atoms with Crippen LogP contribution in [0.3, 0.4) is 0 Å². The third-order valence-electron chi connectivity index (χ3n) is 7.09. The Bertz CT molecular complexity index is 1000. The van der Waals surface area contributed by atoms with Crippen LogP contribution in [0.5, 0.6) is 0 Å². The fourth-order valence-electron chi connectivity index (χ4n) is 5.58. The molecule has 0 bridgehead atoms. The van der Waals surface area contributed by atoms with E-state index in [9.17, 15) is 0 Å². The van der Waals surface area contributed by atoms with Gasteiger partial charge >= 0.3 is 192 Å². The van der Waals surface area contributed by atoms with Crippen molar-refractivity contribution in [3.63, 3.8) is 0 Å². The molecule has 0 aliphatic heterocycles. The molecule has 0 heterocycles. The molecule has 2 aromatic rings. The summed E-state index contributed by atoms with van der Waals surface area (Å²) in [4.78, 5) is 0. The molecule has 2 aromatic carbocycles. The van der Waals surface area contributed by atoms with E-state index in [-0.39, 0.29) is 0 Å². The van der Waals surface area contributed by atoms with Crippen molar-refractivity contribution in [2.75, 3.05) is 0 Å². The molecule has 0 N–H and O–H groups in total. The van der Waals surface area contributed by atoms with E-state index in [4.69, 9.17) is 17.0 Å². The van der Waals surface area contributed by atoms with Crippen LogP contribution in [-0.2, 0) is 19.4 Å². The Kier molecular flexibility index (Phi) is 6.33. The molecule has 4 unspecified atom stereocenters. The predicted molar refractivity (Wildman–Crippen MR) is 125 cm³/mol. The first-order valence-electron chi connectivity index (χ1n) is 10.6. The minimum atomic E-state index is -2.59. The van der Waals surface area contributed by atoms with Crippen LogP contribution in [0.4, 0.5) is 0 Å². The van der Waals surface area contributed by atoms with Gasteiger partial charge < -0.3 is 0 Å². The van der Waals surface area contributed by atoms with Crippen molar-refractivity contribution in [2.24, 2.45) is 5.92 Å². The molecule has 2 aliphatic rings. The first-order chi connectivity index (χ1) is 13.8. The van der Waals surface area contributed by atoms with Crippen molar-refractivity contribution in [1.29, 1.82) is 0 Å². The second kappa shape index (κ2) is 8.49. The molecule has 0 nitrogen and oxygen atoms in total. The molecule has 29 heavy (non-hydrogen) atoms. The van der Waals surface area contributed by atoms with E-state index in [1.54, 1.807) is 0 Å². The van der Waals surface area contributed by atoms with Crippen LogP contribution in [0.15, 0.2) is 36.4 Å². The van der Waals surface area contributed by atoms with E-state index in [0.717, 1.165) is 6.42 Å². The number of allylic oxidation sites excluding steroid dienone is 2. The Morgan fingerprint density at radius 2 is 1.21 bits per heavy atom. The van der Waals surface area contributed by atoms with Crippen molar-refractivity contribution in [2.45, 2.75) is 56.5 Å². The molecule has 0 fully saturated rings. The number of hydrogen-bond acceptors (Lipinski definition) is 0. The van der Waals surface area contributed by atoms with Crippen molar-refractivity contribution in [3.8, 4) is 0 Å². The number of benzene rings is 2. The summed E-state index contributed by atoms with van der Waals surface area (Å²) in [6.07, 6.45) is 10.6. The van der Waals surface area contributed by atoms with Gasteiger partial charge in [-0.1, -0.05) is 0 Å². The van der Waals surface area contributed by atoms with Gasteiger partial charge in [0.2, 0.25) is 0 Å². The van der Waals surface area contributed by atoms with E-state index >= 15 is 0 Å². The average Bonchev–Trinajstić information content (AvgIpc) is 3.31. The second-order valence-electron chi connectivity index (χ2n) is 8.71. The summed E-state index contributed by atoms with van der Waals surface area (Å²) < 4.78 is 0.365. The van der Waals surface area contributed by atoms with Gasteiger partial charge in [0.1, 0.15) is 0 Å². The number of aryl methyl sites for hydroxylation is 4. The van der Waals surface area contributed by atoms with E-state index < -0.39 is 19.4 Å². The molecule has 0 amide bonds. The fourth-order valence-corrected chi connectivity index (χ4v) is 12.3. The molecule has 4 atom stereocenters. The third kappa shape index (κ3) is 3.66. The Balaban J connectivity index is 1.79. The molecule has 151 valence electrons. The zero-order valence-electron chi connectivity index (χ0n) is 17.9. The summed E-state index contributed by atoms with van der Waals surface area (Å²) in [5.74, 6) is 1.23. The van der Waals surface area contributed by atoms with E-state index in [2.05, 4.69) is 83.2 Å². The molecular formula is C26H29Cl2Zr. The van der Waals surface area contributed by atoms with Gasteiger partial charge in [-0.3, -0.25) is 0 Å². The first kappa shape index (κ1) is 21.6. The number of fused-ring (bicyclic) bond motifs is 2. The van der Waals surface area contributed by atoms with E-state index in [1.165, 1.54) is 44.5 Å². The van der Waals surface area contributed by atoms with Gasteiger partial charge in [-0.05, 0) is 0 Å². The summed E-state index contributed by atoms with van der Waals surface area (Å²) in [5.41, 5.74) is 11.2. The van der Waals surface area contributed by atoms with Gasteiger partial charge in [0.15, 0.2) is 0 Å². The van der Waals surface area contributed by atoms with Crippen LogP contribution >= 0.6 is 17.0 Å². The van der Waals surface area contributed by atoms with Gasteiger partial charge in [0.05, 0.1) is 0 Å². The Morgan fingerprint density at radius 3 is 1.69 bits per heavy atom. The molecule has 3 heteroatoms. The monoisotopic (exact) mass is 501 g/mol. The maximum atomic E-state index is 6.94. The molecule has 2 aliphatic carbocycles. The van der Waals surface area contributed by atoms with Gasteiger partial charge in [0.25, 0.3) is 0 Å². The first-order valence-corrected chi connectivity index (χ1v) is 18.3. The predicted octanol–water partition coefficient (Wildman–Crippen LogP) is 8.58. The van der Waals surface area contributed by atoms with Gasteiger partial charge in [-0.2, -0.15) is 0 Å². The summed E-state index contributed by atoms with van der Waals surface area (Å²) in [6, 6.07) is 9.01. The van der Waals surface area contributed by atoms with E-state index in [0.29, 0.717) is 21.4 Å². The van der Waals surface area contributed by atoms with E-state index in [1.807, 2.05) is 0 Å². The van der Waals surface area contributed by atoms with Gasteiger partial charge in [0, 0.05) is 0 Å². The van der Waals surface area contributed by atoms with Gasteiger partial charge in [-0.25, -0.2) is 0 Å². The summed E-state index contributed by atoms with van der Waals surface area (Å²) in [6.45, 7) is 11.2. The number of hydrogen-bond donors (Lipinski definition) is 0. The maximum absolute atomic E-state index is 6.94. The van der Waals surface area contributed by atoms with Crippen molar-refractivity contribution in [3.05, 3.63) is 80.9 Å². The van der Waals surface area contributed by atoms with Crippen LogP contribution in [-0.4, -0.2) is 0 Å². The molecule has 0 radical (unpaired) electrons. The number of rotatable bonds is 5. The normalized spacial score (nSPS) is 21.2. The van der Waals surface area contributed by atoms with Crippen LogP contribution < -0.4 is 0 Å². The number of halogens is 2. The Morgan fingerprint density at radius 1 is 0.759 bits per heavy atom. The van der Waals surface area contributed by atoms with Crippen molar-refractivity contribution >= 4 is 29.2 Å². The Labute approximate surface area is 190 Å². The van der Waals surface area contributed by atoms with Crippen LogP contribution in [0, 0.1) is 33.6 Å². The fraction of sp³-hybridized carbons (Fsp3) is 0.385. The van der Waals surface area contributed by atoms with Crippen molar-refractivity contribution < 1.29 is 19.4 Å². The van der Waals surface area contributed by atoms with Crippen LogP contribution in [0.1, 0.15) is 69.7 Å². The zero-order chi connectivity index (χ0) is 20.9. The second-order valence-corrected chi connectivity index (χ2v) is 17.7. The zero-order valence-corrected chi connectivity index (χ0v) is 21.9. The molecule has 0 saturated heterocycles. The van der Waals surface area contributed by atoms with Crippen LogP contribution in [0.25, 0.3) is 12.2 Å². The molecule has 0 aromatic heterocycles. The quantitative estimate of drug-likeness (QED) is 0.383. The standard InChI is InChI=1S/C26H29.2ClH.Zr/c1-6-20(24-14-13-23-17(3)8-10-19(5)26(23)24)15-21-11-12-22-16(2)7-9-18(4)25(21)22;;;/h7-15,20-21,24H,6H2,1-5H3;2*1H;/q;;;+2/p-2. The SMILES string of the molecule is CCC(C1C=Cc2c(C)ccc(C)c21)[CH](C1C=Cc2c(C)ccc(C)c21)[Zr]([Cl])[Cl]. The van der Waals surface area contributed by atoms with Crippen molar-refractivity contribution in [1.82, 2.24) is 0 Å². The molecule has 4 rings (SSSR count). The summed E-state index contributed by atoms with van der Waals surface area (Å²) in [7, 11) is 13.9. The summed E-state index contributed by atoms with van der Waals surface area (Å²) >= 11 is -2.59. The molecular weight excluding hydrogens is 474 g/mol. The van der Waals surface area contributed by atoms with Gasteiger partial charge in [-0.15, -0.1) is 0 Å². The average molecular weight is 504 g/mol. The Hall–Kier alpha value is -0.617. The van der Waals surface area contributed by atoms with Crippen LogP contribution in [0.2, 0.25) is 3.63 Å². The molecule has 0 spiro atoms. The minimum absolute atomic E-state index is 0.349.